The van der Waals surface area contributed by atoms with Gasteiger partial charge in [0.1, 0.15) is 0 Å². The Balaban J connectivity index is 1.24. The van der Waals surface area contributed by atoms with E-state index in [-0.39, 0.29) is 35.7 Å². The number of fused-ring (bicyclic) bond motifs is 1. The van der Waals surface area contributed by atoms with E-state index in [1.54, 1.807) is 24.3 Å². The number of carbonyl (C=O) groups excluding carboxylic acids is 2. The van der Waals surface area contributed by atoms with Crippen molar-refractivity contribution in [3.05, 3.63) is 95.1 Å². The highest BCUT2D eigenvalue weighted by molar-refractivity contribution is 5.92. The molecule has 202 valence electrons. The minimum Gasteiger partial charge on any atom is -0.465 e. The van der Waals surface area contributed by atoms with E-state index in [0.29, 0.717) is 36.8 Å². The predicted molar refractivity (Wildman–Crippen MR) is 136 cm³/mol. The first-order chi connectivity index (χ1) is 18.8. The van der Waals surface area contributed by atoms with Crippen LogP contribution < -0.4 is 14.8 Å². The summed E-state index contributed by atoms with van der Waals surface area (Å²) >= 11 is 0. The molecule has 0 radical (unpaired) electrons. The van der Waals surface area contributed by atoms with Gasteiger partial charge in [-0.25, -0.2) is 4.79 Å². The van der Waals surface area contributed by atoms with Crippen molar-refractivity contribution >= 4 is 11.9 Å². The summed E-state index contributed by atoms with van der Waals surface area (Å²) in [5.41, 5.74) is 2.04. The SMILES string of the molecule is COC(=O)c1cccc([C@H]2C[C@H](NC(=O)C3(c4ccc5c(c4)OC(F)(F)O5)CC3)C[C@@H](c3ccccc3)O2)c1. The van der Waals surface area contributed by atoms with Crippen LogP contribution in [0.15, 0.2) is 72.8 Å². The van der Waals surface area contributed by atoms with Crippen molar-refractivity contribution in [2.24, 2.45) is 0 Å². The van der Waals surface area contributed by atoms with Crippen molar-refractivity contribution in [3.8, 4) is 11.5 Å². The largest absolute Gasteiger partial charge is 0.586 e. The third-order valence-corrected chi connectivity index (χ3v) is 7.65. The van der Waals surface area contributed by atoms with Gasteiger partial charge in [-0.1, -0.05) is 48.5 Å². The number of hydrogen-bond donors (Lipinski definition) is 1. The number of carbonyl (C=O) groups is 2. The van der Waals surface area contributed by atoms with Crippen LogP contribution in [0, 0.1) is 0 Å². The van der Waals surface area contributed by atoms with E-state index in [1.165, 1.54) is 19.2 Å². The molecule has 3 aromatic rings. The topological polar surface area (TPSA) is 83.1 Å². The molecule has 1 saturated heterocycles. The molecule has 7 nitrogen and oxygen atoms in total. The van der Waals surface area contributed by atoms with Crippen molar-refractivity contribution in [3.63, 3.8) is 0 Å². The second-order valence-electron chi connectivity index (χ2n) is 10.2. The van der Waals surface area contributed by atoms with E-state index in [2.05, 4.69) is 14.8 Å². The smallest absolute Gasteiger partial charge is 0.465 e. The molecule has 0 aromatic heterocycles. The van der Waals surface area contributed by atoms with Crippen molar-refractivity contribution in [1.29, 1.82) is 0 Å². The van der Waals surface area contributed by atoms with Crippen LogP contribution in [0.25, 0.3) is 0 Å². The molecular formula is C30H27F2NO6. The lowest BCUT2D eigenvalue weighted by atomic mass is 9.89. The molecule has 1 aliphatic carbocycles. The van der Waals surface area contributed by atoms with Crippen molar-refractivity contribution in [2.45, 2.75) is 55.6 Å². The minimum atomic E-state index is -3.71. The highest BCUT2D eigenvalue weighted by Gasteiger charge is 2.53. The van der Waals surface area contributed by atoms with Crippen LogP contribution in [-0.4, -0.2) is 31.3 Å². The normalized spacial score (nSPS) is 24.0. The van der Waals surface area contributed by atoms with E-state index in [0.717, 1.165) is 11.1 Å². The lowest BCUT2D eigenvalue weighted by Gasteiger charge is -2.37. The molecule has 3 aromatic carbocycles. The average molecular weight is 536 g/mol. The zero-order valence-electron chi connectivity index (χ0n) is 21.2. The van der Waals surface area contributed by atoms with Crippen LogP contribution in [0.1, 0.15) is 64.9 Å². The number of methoxy groups -OCH3 is 1. The number of alkyl halides is 2. The summed E-state index contributed by atoms with van der Waals surface area (Å²) < 4.78 is 47.5. The molecule has 2 aliphatic heterocycles. The standard InChI is InChI=1S/C30H27F2NO6/c1-36-27(34)20-9-5-8-19(14-20)25-17-22(16-24(37-25)18-6-3-2-4-7-18)33-28(35)29(12-13-29)21-10-11-23-26(15-21)39-30(31,32)38-23/h2-11,14-15,22,24-25H,12-13,16-17H2,1H3,(H,33,35)/t22-,24+,25-/m1/s1. The fourth-order valence-electron chi connectivity index (χ4n) is 5.46. The molecule has 2 fully saturated rings. The number of benzene rings is 3. The fraction of sp³-hybridized carbons (Fsp3) is 0.333. The summed E-state index contributed by atoms with van der Waals surface area (Å²) in [6.07, 6.45) is -2.10. The Bertz CT molecular complexity index is 1410. The number of rotatable bonds is 6. The molecule has 1 N–H and O–H groups in total. The van der Waals surface area contributed by atoms with E-state index in [1.807, 2.05) is 36.4 Å². The van der Waals surface area contributed by atoms with Gasteiger partial charge < -0.3 is 24.3 Å². The summed E-state index contributed by atoms with van der Waals surface area (Å²) in [6, 6.07) is 21.2. The molecule has 0 unspecified atom stereocenters. The number of halogens is 2. The first-order valence-corrected chi connectivity index (χ1v) is 12.9. The van der Waals surface area contributed by atoms with Gasteiger partial charge in [0.15, 0.2) is 11.5 Å². The van der Waals surface area contributed by atoms with Gasteiger partial charge in [0.2, 0.25) is 5.91 Å². The molecule has 2 heterocycles. The monoisotopic (exact) mass is 535 g/mol. The summed E-state index contributed by atoms with van der Waals surface area (Å²) in [5, 5.41) is 3.22. The number of amides is 1. The van der Waals surface area contributed by atoms with Gasteiger partial charge >= 0.3 is 12.3 Å². The van der Waals surface area contributed by atoms with E-state index in [9.17, 15) is 18.4 Å². The van der Waals surface area contributed by atoms with E-state index in [4.69, 9.17) is 9.47 Å². The first kappa shape index (κ1) is 25.3. The molecule has 0 bridgehead atoms. The summed E-state index contributed by atoms with van der Waals surface area (Å²) in [7, 11) is 1.34. The molecule has 6 rings (SSSR count). The zero-order valence-corrected chi connectivity index (χ0v) is 21.2. The zero-order chi connectivity index (χ0) is 27.2. The van der Waals surface area contributed by atoms with Gasteiger partial charge in [-0.3, -0.25) is 4.79 Å². The predicted octanol–water partition coefficient (Wildman–Crippen LogP) is 5.60. The lowest BCUT2D eigenvalue weighted by Crippen LogP contribution is -2.45. The highest BCUT2D eigenvalue weighted by Crippen LogP contribution is 2.52. The van der Waals surface area contributed by atoms with Gasteiger partial charge in [0.25, 0.3) is 0 Å². The molecule has 39 heavy (non-hydrogen) atoms. The maximum atomic E-state index is 13.7. The van der Waals surface area contributed by atoms with Crippen LogP contribution in [-0.2, 0) is 19.7 Å². The van der Waals surface area contributed by atoms with Crippen molar-refractivity contribution < 1.29 is 37.3 Å². The quantitative estimate of drug-likeness (QED) is 0.414. The van der Waals surface area contributed by atoms with Crippen LogP contribution in [0.4, 0.5) is 8.78 Å². The number of hydrogen-bond acceptors (Lipinski definition) is 6. The lowest BCUT2D eigenvalue weighted by molar-refractivity contribution is -0.286. The van der Waals surface area contributed by atoms with E-state index < -0.39 is 17.7 Å². The Kier molecular flexibility index (Phi) is 6.26. The fourth-order valence-corrected chi connectivity index (χ4v) is 5.46. The molecule has 1 amide bonds. The summed E-state index contributed by atoms with van der Waals surface area (Å²) in [6.45, 7) is 0. The minimum absolute atomic E-state index is 0.0490. The van der Waals surface area contributed by atoms with Gasteiger partial charge in [0.05, 0.1) is 30.3 Å². The van der Waals surface area contributed by atoms with Crippen LogP contribution >= 0.6 is 0 Å². The summed E-state index contributed by atoms with van der Waals surface area (Å²) in [4.78, 5) is 25.8. The van der Waals surface area contributed by atoms with Crippen molar-refractivity contribution in [1.82, 2.24) is 5.32 Å². The summed E-state index contributed by atoms with van der Waals surface area (Å²) in [5.74, 6) is -0.715. The third-order valence-electron chi connectivity index (χ3n) is 7.65. The Labute approximate surface area is 224 Å². The van der Waals surface area contributed by atoms with Crippen LogP contribution in [0.2, 0.25) is 0 Å². The number of ether oxygens (including phenoxy) is 4. The Morgan fingerprint density at radius 1 is 0.872 bits per heavy atom. The molecule has 3 atom stereocenters. The Morgan fingerprint density at radius 2 is 1.56 bits per heavy atom. The number of esters is 1. The molecule has 9 heteroatoms. The van der Waals surface area contributed by atoms with Crippen LogP contribution in [0.5, 0.6) is 11.5 Å². The molecule has 0 spiro atoms. The molecular weight excluding hydrogens is 508 g/mol. The number of nitrogens with one attached hydrogen (secondary N) is 1. The molecule has 1 saturated carbocycles. The van der Waals surface area contributed by atoms with Gasteiger partial charge in [-0.15, -0.1) is 8.78 Å². The third kappa shape index (κ3) is 4.94. The second kappa shape index (κ2) is 9.64. The van der Waals surface area contributed by atoms with Crippen molar-refractivity contribution in [2.75, 3.05) is 7.11 Å². The maximum Gasteiger partial charge on any atom is 0.586 e. The van der Waals surface area contributed by atoms with E-state index >= 15 is 0 Å². The van der Waals surface area contributed by atoms with Gasteiger partial charge in [-0.05, 0) is 66.6 Å². The maximum absolute atomic E-state index is 13.7. The Morgan fingerprint density at radius 3 is 2.28 bits per heavy atom. The highest BCUT2D eigenvalue weighted by atomic mass is 19.3. The second-order valence-corrected chi connectivity index (χ2v) is 10.2. The molecule has 3 aliphatic rings. The average Bonchev–Trinajstić information content (AvgIpc) is 3.70. The first-order valence-electron chi connectivity index (χ1n) is 12.9. The van der Waals surface area contributed by atoms with Gasteiger partial charge in [0, 0.05) is 6.04 Å². The Hall–Kier alpha value is -3.98. The van der Waals surface area contributed by atoms with Gasteiger partial charge in [-0.2, -0.15) is 0 Å². The van der Waals surface area contributed by atoms with Crippen LogP contribution in [0.3, 0.4) is 0 Å².